The van der Waals surface area contributed by atoms with Crippen molar-refractivity contribution < 1.29 is 14.3 Å². The highest BCUT2D eigenvalue weighted by Crippen LogP contribution is 2.25. The molecular formula is C20H25NO3. The molecule has 24 heavy (non-hydrogen) atoms. The Balaban J connectivity index is 2.21. The fourth-order valence-corrected chi connectivity index (χ4v) is 2.59. The van der Waals surface area contributed by atoms with Crippen LogP contribution in [0.3, 0.4) is 0 Å². The van der Waals surface area contributed by atoms with Gasteiger partial charge in [0, 0.05) is 5.56 Å². The van der Waals surface area contributed by atoms with Gasteiger partial charge < -0.3 is 9.47 Å². The Kier molecular flexibility index (Phi) is 6.24. The van der Waals surface area contributed by atoms with Gasteiger partial charge in [-0.2, -0.15) is 0 Å². The van der Waals surface area contributed by atoms with Gasteiger partial charge in [-0.05, 0) is 48.6 Å². The molecule has 2 aromatic rings. The van der Waals surface area contributed by atoms with E-state index in [0.717, 1.165) is 29.7 Å². The van der Waals surface area contributed by atoms with Crippen LogP contribution >= 0.6 is 0 Å². The highest BCUT2D eigenvalue weighted by molar-refractivity contribution is 5.85. The van der Waals surface area contributed by atoms with Crippen molar-refractivity contribution in [2.24, 2.45) is 0 Å². The molecule has 4 heteroatoms. The smallest absolute Gasteiger partial charge is 0.411 e. The Bertz CT molecular complexity index is 710. The third-order valence-corrected chi connectivity index (χ3v) is 4.12. The molecule has 0 heterocycles. The van der Waals surface area contributed by atoms with Gasteiger partial charge in [0.2, 0.25) is 0 Å². The van der Waals surface area contributed by atoms with Gasteiger partial charge in [-0.1, -0.05) is 38.1 Å². The van der Waals surface area contributed by atoms with E-state index in [-0.39, 0.29) is 0 Å². The highest BCUT2D eigenvalue weighted by atomic mass is 16.5. The molecule has 0 saturated heterocycles. The predicted molar refractivity (Wildman–Crippen MR) is 96.7 cm³/mol. The van der Waals surface area contributed by atoms with Gasteiger partial charge in [-0.3, -0.25) is 5.32 Å². The molecule has 0 aromatic heterocycles. The normalized spacial score (nSPS) is 10.3. The van der Waals surface area contributed by atoms with E-state index in [1.165, 1.54) is 18.2 Å². The average molecular weight is 327 g/mol. The van der Waals surface area contributed by atoms with Crippen LogP contribution in [-0.2, 0) is 24.2 Å². The van der Waals surface area contributed by atoms with E-state index < -0.39 is 6.09 Å². The van der Waals surface area contributed by atoms with Crippen LogP contribution in [0.1, 0.15) is 36.1 Å². The summed E-state index contributed by atoms with van der Waals surface area (Å²) in [5.41, 5.74) is 5.23. The van der Waals surface area contributed by atoms with Gasteiger partial charge in [0.1, 0.15) is 12.4 Å². The average Bonchev–Trinajstić information content (AvgIpc) is 2.61. The molecule has 0 aliphatic rings. The molecule has 0 aliphatic heterocycles. The van der Waals surface area contributed by atoms with Crippen molar-refractivity contribution in [2.75, 3.05) is 12.4 Å². The third kappa shape index (κ3) is 4.28. The first-order valence-corrected chi connectivity index (χ1v) is 8.27. The van der Waals surface area contributed by atoms with E-state index in [4.69, 9.17) is 4.74 Å². The molecular weight excluding hydrogens is 302 g/mol. The van der Waals surface area contributed by atoms with Gasteiger partial charge in [0.15, 0.2) is 0 Å². The molecule has 0 spiro atoms. The SMILES string of the molecule is CCc1ccc(OCc2c(C)cccc2NC(=O)OC)c(CC)c1. The fraction of sp³-hybridized carbons (Fsp3) is 0.350. The molecule has 0 radical (unpaired) electrons. The number of methoxy groups -OCH3 is 1. The van der Waals surface area contributed by atoms with Crippen LogP contribution in [0.25, 0.3) is 0 Å². The molecule has 1 N–H and O–H groups in total. The lowest BCUT2D eigenvalue weighted by Gasteiger charge is -2.16. The van der Waals surface area contributed by atoms with Crippen molar-refractivity contribution in [2.45, 2.75) is 40.2 Å². The van der Waals surface area contributed by atoms with Gasteiger partial charge in [-0.15, -0.1) is 0 Å². The zero-order valence-electron chi connectivity index (χ0n) is 14.8. The van der Waals surface area contributed by atoms with E-state index in [2.05, 4.69) is 36.0 Å². The van der Waals surface area contributed by atoms with Crippen LogP contribution in [0.4, 0.5) is 10.5 Å². The molecule has 0 unspecified atom stereocenters. The zero-order chi connectivity index (χ0) is 17.5. The summed E-state index contributed by atoms with van der Waals surface area (Å²) >= 11 is 0. The van der Waals surface area contributed by atoms with Gasteiger partial charge >= 0.3 is 6.09 Å². The van der Waals surface area contributed by atoms with Crippen LogP contribution in [0.2, 0.25) is 0 Å². The van der Waals surface area contributed by atoms with E-state index in [0.29, 0.717) is 12.3 Å². The molecule has 0 saturated carbocycles. The molecule has 128 valence electrons. The number of nitrogens with one attached hydrogen (secondary N) is 1. The van der Waals surface area contributed by atoms with Crippen LogP contribution in [-0.4, -0.2) is 13.2 Å². The Morgan fingerprint density at radius 2 is 1.92 bits per heavy atom. The molecule has 0 atom stereocenters. The molecule has 0 fully saturated rings. The first-order valence-electron chi connectivity index (χ1n) is 8.27. The first-order chi connectivity index (χ1) is 11.6. The van der Waals surface area contributed by atoms with E-state index in [1.807, 2.05) is 31.2 Å². The Hall–Kier alpha value is -2.49. The van der Waals surface area contributed by atoms with Crippen LogP contribution in [0.5, 0.6) is 5.75 Å². The lowest BCUT2D eigenvalue weighted by atomic mass is 10.1. The van der Waals surface area contributed by atoms with Crippen LogP contribution in [0.15, 0.2) is 36.4 Å². The van der Waals surface area contributed by atoms with Gasteiger partial charge in [0.25, 0.3) is 0 Å². The van der Waals surface area contributed by atoms with Crippen molar-refractivity contribution >= 4 is 11.8 Å². The van der Waals surface area contributed by atoms with Crippen LogP contribution < -0.4 is 10.1 Å². The Labute approximate surface area is 143 Å². The van der Waals surface area contributed by atoms with Crippen molar-refractivity contribution in [1.29, 1.82) is 0 Å². The number of benzene rings is 2. The second kappa shape index (κ2) is 8.39. The predicted octanol–water partition coefficient (Wildman–Crippen LogP) is 4.88. The molecule has 0 bridgehead atoms. The summed E-state index contributed by atoms with van der Waals surface area (Å²) in [5, 5.41) is 2.74. The minimum absolute atomic E-state index is 0.393. The molecule has 0 aliphatic carbocycles. The van der Waals surface area contributed by atoms with Crippen molar-refractivity contribution in [3.8, 4) is 5.75 Å². The number of carbonyl (C=O) groups excluding carboxylic acids is 1. The lowest BCUT2D eigenvalue weighted by Crippen LogP contribution is -2.14. The number of rotatable bonds is 6. The summed E-state index contributed by atoms with van der Waals surface area (Å²) in [5.74, 6) is 0.891. The van der Waals surface area contributed by atoms with Gasteiger partial charge in [0.05, 0.1) is 12.8 Å². The summed E-state index contributed by atoms with van der Waals surface area (Å²) < 4.78 is 10.7. The minimum Gasteiger partial charge on any atom is -0.489 e. The summed E-state index contributed by atoms with van der Waals surface area (Å²) in [4.78, 5) is 11.5. The van der Waals surface area contributed by atoms with Crippen molar-refractivity contribution in [3.63, 3.8) is 0 Å². The third-order valence-electron chi connectivity index (χ3n) is 4.12. The number of ether oxygens (including phenoxy) is 2. The lowest BCUT2D eigenvalue weighted by molar-refractivity contribution is 0.187. The standard InChI is InChI=1S/C20H25NO3/c1-5-15-10-11-19(16(6-2)12-15)24-13-17-14(3)8-7-9-18(17)21-20(22)23-4/h7-12H,5-6,13H2,1-4H3,(H,21,22). The van der Waals surface area contributed by atoms with Crippen molar-refractivity contribution in [3.05, 3.63) is 58.7 Å². The number of hydrogen-bond acceptors (Lipinski definition) is 3. The number of hydrogen-bond donors (Lipinski definition) is 1. The first kappa shape index (κ1) is 17.9. The van der Waals surface area contributed by atoms with Crippen LogP contribution in [0, 0.1) is 6.92 Å². The monoisotopic (exact) mass is 327 g/mol. The Morgan fingerprint density at radius 3 is 2.58 bits per heavy atom. The maximum Gasteiger partial charge on any atom is 0.411 e. The minimum atomic E-state index is -0.483. The number of carbonyl (C=O) groups is 1. The largest absolute Gasteiger partial charge is 0.489 e. The molecule has 1 amide bonds. The van der Waals surface area contributed by atoms with Crippen molar-refractivity contribution in [1.82, 2.24) is 0 Å². The van der Waals surface area contributed by atoms with E-state index >= 15 is 0 Å². The maximum absolute atomic E-state index is 11.5. The Morgan fingerprint density at radius 1 is 1.12 bits per heavy atom. The second-order valence-electron chi connectivity index (χ2n) is 5.66. The summed E-state index contributed by atoms with van der Waals surface area (Å²) in [6, 6.07) is 12.1. The van der Waals surface area contributed by atoms with E-state index in [9.17, 15) is 4.79 Å². The topological polar surface area (TPSA) is 47.6 Å². The fourth-order valence-electron chi connectivity index (χ4n) is 2.59. The summed E-state index contributed by atoms with van der Waals surface area (Å²) in [6.07, 6.45) is 1.45. The molecule has 2 aromatic carbocycles. The number of aryl methyl sites for hydroxylation is 3. The zero-order valence-corrected chi connectivity index (χ0v) is 14.8. The molecule has 2 rings (SSSR count). The van der Waals surface area contributed by atoms with E-state index in [1.54, 1.807) is 0 Å². The van der Waals surface area contributed by atoms with Gasteiger partial charge in [-0.25, -0.2) is 4.79 Å². The number of anilines is 1. The maximum atomic E-state index is 11.5. The summed E-state index contributed by atoms with van der Waals surface area (Å²) in [6.45, 7) is 6.67. The highest BCUT2D eigenvalue weighted by Gasteiger charge is 2.11. The quantitative estimate of drug-likeness (QED) is 0.823. The second-order valence-corrected chi connectivity index (χ2v) is 5.66. The molecule has 4 nitrogen and oxygen atoms in total. The number of amides is 1. The summed E-state index contributed by atoms with van der Waals surface area (Å²) in [7, 11) is 1.35.